The van der Waals surface area contributed by atoms with Gasteiger partial charge in [-0.3, -0.25) is 9.59 Å². The predicted octanol–water partition coefficient (Wildman–Crippen LogP) is 2.61. The van der Waals surface area contributed by atoms with Gasteiger partial charge >= 0.3 is 0 Å². The number of nitrogens with zero attached hydrogens (tertiary/aromatic N) is 1. The van der Waals surface area contributed by atoms with E-state index in [9.17, 15) is 9.59 Å². The van der Waals surface area contributed by atoms with Crippen LogP contribution in [0.4, 0.5) is 5.69 Å². The summed E-state index contributed by atoms with van der Waals surface area (Å²) in [6.45, 7) is 0.452. The Morgan fingerprint density at radius 1 is 1.25 bits per heavy atom. The highest BCUT2D eigenvalue weighted by Crippen LogP contribution is 2.28. The van der Waals surface area contributed by atoms with E-state index in [0.29, 0.717) is 6.54 Å². The maximum Gasteiger partial charge on any atom is 0.227 e. The van der Waals surface area contributed by atoms with Gasteiger partial charge in [0.2, 0.25) is 11.8 Å². The number of hydrogen-bond acceptors (Lipinski definition) is 3. The number of nitrogens with two attached hydrogens (primary N) is 1. The summed E-state index contributed by atoms with van der Waals surface area (Å²) in [4.78, 5) is 26.4. The number of amides is 2. The van der Waals surface area contributed by atoms with Crippen molar-refractivity contribution in [2.75, 3.05) is 11.4 Å². The van der Waals surface area contributed by atoms with E-state index in [0.717, 1.165) is 35.8 Å². The maximum atomic E-state index is 12.5. The quantitative estimate of drug-likeness (QED) is 0.795. The summed E-state index contributed by atoms with van der Waals surface area (Å²) >= 11 is 3.42. The Bertz CT molecular complexity index is 605. The first-order chi connectivity index (χ1) is 11.0. The zero-order chi connectivity index (χ0) is 16.4. The molecule has 2 fully saturated rings. The molecule has 1 saturated heterocycles. The topological polar surface area (TPSA) is 75.4 Å². The number of nitrogens with one attached hydrogen (secondary N) is 1. The number of hydrogen-bond donors (Lipinski definition) is 2. The van der Waals surface area contributed by atoms with Gasteiger partial charge in [0.05, 0.1) is 5.92 Å². The van der Waals surface area contributed by atoms with E-state index in [1.807, 2.05) is 24.3 Å². The summed E-state index contributed by atoms with van der Waals surface area (Å²) < 4.78 is 0.925. The molecule has 2 amide bonds. The molecule has 0 aromatic heterocycles. The molecule has 1 heterocycles. The highest BCUT2D eigenvalue weighted by molar-refractivity contribution is 9.10. The van der Waals surface area contributed by atoms with Crippen LogP contribution >= 0.6 is 28.3 Å². The SMILES string of the molecule is Cl.NC1CCC(NC(=O)C2CC(=O)N(c3cccc(Br)c3)C2)CC1. The van der Waals surface area contributed by atoms with E-state index in [1.165, 1.54) is 0 Å². The van der Waals surface area contributed by atoms with Crippen LogP contribution in [0.2, 0.25) is 0 Å². The first-order valence-electron chi connectivity index (χ1n) is 8.15. The molecule has 0 radical (unpaired) electrons. The van der Waals surface area contributed by atoms with Crippen molar-refractivity contribution >= 4 is 45.8 Å². The third kappa shape index (κ3) is 4.49. The summed E-state index contributed by atoms with van der Waals surface area (Å²) in [6, 6.07) is 8.08. The standard InChI is InChI=1S/C17H22BrN3O2.ClH/c18-12-2-1-3-15(9-12)21-10-11(8-16(21)22)17(23)20-14-6-4-13(19)5-7-14;/h1-3,9,11,13-14H,4-8,10,19H2,(H,20,23);1H. The zero-order valence-electron chi connectivity index (χ0n) is 13.4. The van der Waals surface area contributed by atoms with Crippen molar-refractivity contribution in [3.8, 4) is 0 Å². The second kappa shape index (κ2) is 8.32. The molecule has 24 heavy (non-hydrogen) atoms. The fourth-order valence-corrected chi connectivity index (χ4v) is 3.75. The van der Waals surface area contributed by atoms with E-state index < -0.39 is 0 Å². The Kier molecular flexibility index (Phi) is 6.66. The van der Waals surface area contributed by atoms with Crippen molar-refractivity contribution in [1.82, 2.24) is 5.32 Å². The van der Waals surface area contributed by atoms with E-state index in [2.05, 4.69) is 21.2 Å². The molecule has 7 heteroatoms. The second-order valence-corrected chi connectivity index (χ2v) is 7.42. The molecular formula is C17H23BrClN3O2. The first-order valence-corrected chi connectivity index (χ1v) is 8.94. The fourth-order valence-electron chi connectivity index (χ4n) is 3.36. The number of rotatable bonds is 3. The van der Waals surface area contributed by atoms with Crippen molar-refractivity contribution in [2.24, 2.45) is 11.7 Å². The Morgan fingerprint density at radius 3 is 2.62 bits per heavy atom. The highest BCUT2D eigenvalue weighted by Gasteiger charge is 2.36. The molecule has 132 valence electrons. The van der Waals surface area contributed by atoms with Crippen LogP contribution in [-0.4, -0.2) is 30.4 Å². The normalized spacial score (nSPS) is 26.8. The van der Waals surface area contributed by atoms with Gasteiger partial charge in [0.25, 0.3) is 0 Å². The van der Waals surface area contributed by atoms with Gasteiger partial charge in [0, 0.05) is 35.2 Å². The Balaban J connectivity index is 0.00000208. The molecular weight excluding hydrogens is 394 g/mol. The van der Waals surface area contributed by atoms with Crippen LogP contribution in [0.1, 0.15) is 32.1 Å². The van der Waals surface area contributed by atoms with Crippen molar-refractivity contribution < 1.29 is 9.59 Å². The van der Waals surface area contributed by atoms with Gasteiger partial charge in [-0.2, -0.15) is 0 Å². The first kappa shape index (κ1) is 19.2. The summed E-state index contributed by atoms with van der Waals surface area (Å²) in [5.41, 5.74) is 6.73. The third-order valence-corrected chi connectivity index (χ3v) is 5.23. The number of benzene rings is 1. The Labute approximate surface area is 156 Å². The summed E-state index contributed by atoms with van der Waals surface area (Å²) in [7, 11) is 0. The van der Waals surface area contributed by atoms with Gasteiger partial charge in [0.1, 0.15) is 0 Å². The third-order valence-electron chi connectivity index (χ3n) is 4.73. The molecule has 1 atom stereocenters. The lowest BCUT2D eigenvalue weighted by Crippen LogP contribution is -2.43. The van der Waals surface area contributed by atoms with Crippen LogP contribution in [0.15, 0.2) is 28.7 Å². The lowest BCUT2D eigenvalue weighted by Gasteiger charge is -2.27. The van der Waals surface area contributed by atoms with E-state index in [1.54, 1.807) is 4.90 Å². The zero-order valence-corrected chi connectivity index (χ0v) is 15.8. The fraction of sp³-hybridized carbons (Fsp3) is 0.529. The summed E-state index contributed by atoms with van der Waals surface area (Å²) in [6.07, 6.45) is 4.06. The number of halogens is 2. The van der Waals surface area contributed by atoms with Crippen molar-refractivity contribution in [2.45, 2.75) is 44.2 Å². The smallest absolute Gasteiger partial charge is 0.227 e. The van der Waals surface area contributed by atoms with Gasteiger partial charge in [-0.25, -0.2) is 0 Å². The average Bonchev–Trinajstić information content (AvgIpc) is 2.92. The molecule has 0 spiro atoms. The van der Waals surface area contributed by atoms with E-state index >= 15 is 0 Å². The minimum atomic E-state index is -0.267. The lowest BCUT2D eigenvalue weighted by molar-refractivity contribution is -0.127. The number of anilines is 1. The molecule has 3 N–H and O–H groups in total. The predicted molar refractivity (Wildman–Crippen MR) is 100 cm³/mol. The van der Waals surface area contributed by atoms with Crippen LogP contribution < -0.4 is 16.0 Å². The van der Waals surface area contributed by atoms with Gasteiger partial charge < -0.3 is 16.0 Å². The average molecular weight is 417 g/mol. The molecule has 5 nitrogen and oxygen atoms in total. The molecule has 3 rings (SSSR count). The summed E-state index contributed by atoms with van der Waals surface area (Å²) in [5.74, 6) is -0.262. The highest BCUT2D eigenvalue weighted by atomic mass is 79.9. The number of carbonyl (C=O) groups excluding carboxylic acids is 2. The van der Waals surface area contributed by atoms with Crippen LogP contribution in [-0.2, 0) is 9.59 Å². The maximum absolute atomic E-state index is 12.5. The molecule has 1 aromatic carbocycles. The van der Waals surface area contributed by atoms with Gasteiger partial charge in [0.15, 0.2) is 0 Å². The molecule has 1 aromatic rings. The van der Waals surface area contributed by atoms with Crippen LogP contribution in [0.5, 0.6) is 0 Å². The van der Waals surface area contributed by atoms with Gasteiger partial charge in [-0.05, 0) is 43.9 Å². The minimum absolute atomic E-state index is 0. The van der Waals surface area contributed by atoms with Crippen molar-refractivity contribution in [3.63, 3.8) is 0 Å². The van der Waals surface area contributed by atoms with Crippen molar-refractivity contribution in [1.29, 1.82) is 0 Å². The van der Waals surface area contributed by atoms with Gasteiger partial charge in [-0.1, -0.05) is 22.0 Å². The van der Waals surface area contributed by atoms with E-state index in [-0.39, 0.29) is 48.6 Å². The Hall–Kier alpha value is -1.11. The van der Waals surface area contributed by atoms with Gasteiger partial charge in [-0.15, -0.1) is 12.4 Å². The van der Waals surface area contributed by atoms with Crippen LogP contribution in [0.3, 0.4) is 0 Å². The molecule has 0 bridgehead atoms. The summed E-state index contributed by atoms with van der Waals surface area (Å²) in [5, 5.41) is 3.10. The molecule has 1 aliphatic heterocycles. The second-order valence-electron chi connectivity index (χ2n) is 6.51. The molecule has 1 aliphatic carbocycles. The van der Waals surface area contributed by atoms with Crippen molar-refractivity contribution in [3.05, 3.63) is 28.7 Å². The Morgan fingerprint density at radius 2 is 1.96 bits per heavy atom. The lowest BCUT2D eigenvalue weighted by atomic mass is 9.91. The monoisotopic (exact) mass is 415 g/mol. The molecule has 1 saturated carbocycles. The molecule has 2 aliphatic rings. The van der Waals surface area contributed by atoms with Crippen LogP contribution in [0, 0.1) is 5.92 Å². The van der Waals surface area contributed by atoms with E-state index in [4.69, 9.17) is 5.73 Å². The number of carbonyl (C=O) groups is 2. The van der Waals surface area contributed by atoms with Crippen LogP contribution in [0.25, 0.3) is 0 Å². The molecule has 1 unspecified atom stereocenters. The minimum Gasteiger partial charge on any atom is -0.353 e. The largest absolute Gasteiger partial charge is 0.353 e.